The average molecular weight is 591 g/mol. The molecule has 0 aliphatic carbocycles. The minimum atomic E-state index is -0.992. The maximum absolute atomic E-state index is 11.9. The predicted octanol–water partition coefficient (Wildman–Crippen LogP) is 8.72. The van der Waals surface area contributed by atoms with E-state index in [0.717, 1.165) is 70.1 Å². The van der Waals surface area contributed by atoms with Crippen molar-refractivity contribution in [2.24, 2.45) is 5.92 Å². The van der Waals surface area contributed by atoms with E-state index in [-0.39, 0.29) is 31.3 Å². The van der Waals surface area contributed by atoms with E-state index >= 15 is 0 Å². The Labute approximate surface area is 257 Å². The van der Waals surface area contributed by atoms with Crippen LogP contribution < -0.4 is 0 Å². The van der Waals surface area contributed by atoms with Crippen LogP contribution in [0, 0.1) is 5.92 Å². The number of aliphatic hydroxyl groups excluding tert-OH is 2. The second kappa shape index (κ2) is 30.3. The van der Waals surface area contributed by atoms with E-state index in [1.54, 1.807) is 0 Å². The summed E-state index contributed by atoms with van der Waals surface area (Å²) in [5.74, 6) is 0.133. The van der Waals surface area contributed by atoms with Crippen LogP contribution in [0.4, 0.5) is 0 Å². The fraction of sp³-hybridized carbons (Fsp3) is 0.722. The lowest BCUT2D eigenvalue weighted by Crippen LogP contribution is -2.25. The number of esters is 2. The first-order valence-electron chi connectivity index (χ1n) is 16.6. The number of unbranched alkanes of at least 4 members (excludes halogenated alkanes) is 8. The zero-order valence-electron chi connectivity index (χ0n) is 27.0. The van der Waals surface area contributed by atoms with Crippen molar-refractivity contribution in [2.45, 2.75) is 149 Å². The van der Waals surface area contributed by atoms with E-state index in [9.17, 15) is 19.8 Å². The third-order valence-electron chi connectivity index (χ3n) is 6.76. The van der Waals surface area contributed by atoms with Gasteiger partial charge in [-0.3, -0.25) is 9.59 Å². The van der Waals surface area contributed by atoms with Crippen molar-refractivity contribution in [2.75, 3.05) is 13.2 Å². The van der Waals surface area contributed by atoms with Crippen LogP contribution in [0.1, 0.15) is 136 Å². The number of ether oxygens (including phenoxy) is 2. The first-order valence-corrected chi connectivity index (χ1v) is 16.6. The van der Waals surface area contributed by atoms with Crippen molar-refractivity contribution in [3.63, 3.8) is 0 Å². The molecule has 0 saturated heterocycles. The maximum Gasteiger partial charge on any atom is 0.305 e. The largest absolute Gasteiger partial charge is 0.463 e. The summed E-state index contributed by atoms with van der Waals surface area (Å²) < 4.78 is 10.2. The van der Waals surface area contributed by atoms with Gasteiger partial charge in [0.15, 0.2) is 0 Å². The maximum atomic E-state index is 11.9. The van der Waals surface area contributed by atoms with Crippen LogP contribution in [0.25, 0.3) is 0 Å². The first-order chi connectivity index (χ1) is 20.3. The molecule has 0 aliphatic heterocycles. The Morgan fingerprint density at radius 1 is 0.548 bits per heavy atom. The van der Waals surface area contributed by atoms with Crippen molar-refractivity contribution >= 4 is 11.9 Å². The average Bonchev–Trinajstić information content (AvgIpc) is 2.95. The first kappa shape index (κ1) is 39.8. The number of rotatable bonds is 28. The van der Waals surface area contributed by atoms with Gasteiger partial charge in [-0.05, 0) is 70.6 Å². The molecule has 0 aliphatic rings. The fourth-order valence-corrected chi connectivity index (χ4v) is 4.22. The van der Waals surface area contributed by atoms with Crippen LogP contribution in [0.5, 0.6) is 0 Å². The highest BCUT2D eigenvalue weighted by Crippen LogP contribution is 2.13. The molecule has 42 heavy (non-hydrogen) atoms. The molecule has 0 bridgehead atoms. The number of hydrogen-bond donors (Lipinski definition) is 2. The minimum Gasteiger partial charge on any atom is -0.463 e. The molecule has 0 spiro atoms. The highest BCUT2D eigenvalue weighted by atomic mass is 16.6. The zero-order chi connectivity index (χ0) is 31.1. The summed E-state index contributed by atoms with van der Waals surface area (Å²) in [6, 6.07) is 0. The molecule has 2 atom stereocenters. The van der Waals surface area contributed by atoms with Gasteiger partial charge in [0.25, 0.3) is 0 Å². The molecule has 0 saturated carbocycles. The predicted molar refractivity (Wildman–Crippen MR) is 174 cm³/mol. The number of carbonyl (C=O) groups excluding carboxylic acids is 2. The molecular formula is C36H62O6. The number of allylic oxidation sites excluding steroid dienone is 8. The normalized spacial score (nSPS) is 13.7. The monoisotopic (exact) mass is 590 g/mol. The second-order valence-corrected chi connectivity index (χ2v) is 11.7. The van der Waals surface area contributed by atoms with Crippen molar-refractivity contribution in [1.29, 1.82) is 0 Å². The summed E-state index contributed by atoms with van der Waals surface area (Å²) in [4.78, 5) is 23.7. The molecule has 0 heterocycles. The lowest BCUT2D eigenvalue weighted by molar-refractivity contribution is -0.152. The SMILES string of the molecule is CC(C)CCCCCCCCCC(=O)OC[C@H](O)COC(=O)CCC/C=C\C/C=C\C/C=C\C/C=C\CCC[C@@H](C)O. The van der Waals surface area contributed by atoms with Gasteiger partial charge < -0.3 is 19.7 Å². The highest BCUT2D eigenvalue weighted by molar-refractivity contribution is 5.69. The molecule has 0 unspecified atom stereocenters. The van der Waals surface area contributed by atoms with Gasteiger partial charge in [-0.15, -0.1) is 0 Å². The Morgan fingerprint density at radius 2 is 0.976 bits per heavy atom. The lowest BCUT2D eigenvalue weighted by atomic mass is 10.0. The summed E-state index contributed by atoms with van der Waals surface area (Å²) in [6.45, 7) is 6.06. The Kier molecular flexibility index (Phi) is 28.7. The Bertz CT molecular complexity index is 750. The van der Waals surface area contributed by atoms with E-state index in [2.05, 4.69) is 62.5 Å². The van der Waals surface area contributed by atoms with Crippen LogP contribution in [0.2, 0.25) is 0 Å². The molecule has 0 fully saturated rings. The van der Waals surface area contributed by atoms with Crippen molar-refractivity contribution in [3.8, 4) is 0 Å². The van der Waals surface area contributed by atoms with Crippen LogP contribution >= 0.6 is 0 Å². The van der Waals surface area contributed by atoms with Crippen LogP contribution in [-0.2, 0) is 19.1 Å². The van der Waals surface area contributed by atoms with E-state index < -0.39 is 6.10 Å². The van der Waals surface area contributed by atoms with E-state index in [1.165, 1.54) is 32.1 Å². The topological polar surface area (TPSA) is 93.1 Å². The number of aliphatic hydroxyl groups is 2. The highest BCUT2D eigenvalue weighted by Gasteiger charge is 2.12. The molecule has 6 heteroatoms. The van der Waals surface area contributed by atoms with Crippen LogP contribution in [0.15, 0.2) is 48.6 Å². The third-order valence-corrected chi connectivity index (χ3v) is 6.76. The summed E-state index contributed by atoms with van der Waals surface area (Å²) in [5.41, 5.74) is 0. The van der Waals surface area contributed by atoms with Gasteiger partial charge in [0.05, 0.1) is 6.10 Å². The Hall–Kier alpha value is -2.18. The van der Waals surface area contributed by atoms with Crippen molar-refractivity contribution < 1.29 is 29.3 Å². The van der Waals surface area contributed by atoms with Crippen molar-refractivity contribution in [1.82, 2.24) is 0 Å². The molecule has 0 radical (unpaired) electrons. The second-order valence-electron chi connectivity index (χ2n) is 11.7. The quantitative estimate of drug-likeness (QED) is 0.0538. The molecule has 0 aromatic rings. The van der Waals surface area contributed by atoms with Gasteiger partial charge in [0.2, 0.25) is 0 Å². The van der Waals surface area contributed by atoms with Gasteiger partial charge in [-0.1, -0.05) is 107 Å². The van der Waals surface area contributed by atoms with Gasteiger partial charge in [-0.2, -0.15) is 0 Å². The van der Waals surface area contributed by atoms with Gasteiger partial charge in [0, 0.05) is 12.8 Å². The zero-order valence-corrected chi connectivity index (χ0v) is 27.0. The van der Waals surface area contributed by atoms with E-state index in [0.29, 0.717) is 19.3 Å². The molecule has 2 N–H and O–H groups in total. The van der Waals surface area contributed by atoms with Crippen LogP contribution in [0.3, 0.4) is 0 Å². The summed E-state index contributed by atoms with van der Waals surface area (Å²) in [6.07, 6.45) is 33.1. The lowest BCUT2D eigenvalue weighted by Gasteiger charge is -2.12. The minimum absolute atomic E-state index is 0.142. The molecule has 0 rings (SSSR count). The standard InChI is InChI=1S/C36H62O6/c1-32(2)26-22-18-14-13-17-21-25-29-36(40)42-31-34(38)30-41-35(39)28-24-20-16-12-10-8-6-4-5-7-9-11-15-19-23-27-33(3)37/h5-8,11-12,15-16,32-34,37-38H,4,9-10,13-14,17-31H2,1-3H3/b7-5-,8-6-,15-11-,16-12-/t33-,34-/m1/s1. The number of carbonyl (C=O) groups is 2. The van der Waals surface area contributed by atoms with Crippen LogP contribution in [-0.4, -0.2) is 47.6 Å². The fourth-order valence-electron chi connectivity index (χ4n) is 4.22. The van der Waals surface area contributed by atoms with E-state index in [4.69, 9.17) is 9.47 Å². The molecule has 0 aromatic heterocycles. The molecule has 242 valence electrons. The summed E-state index contributed by atoms with van der Waals surface area (Å²) in [5, 5.41) is 19.1. The summed E-state index contributed by atoms with van der Waals surface area (Å²) >= 11 is 0. The van der Waals surface area contributed by atoms with Gasteiger partial charge in [-0.25, -0.2) is 0 Å². The third kappa shape index (κ3) is 32.3. The molecule has 0 aromatic carbocycles. The van der Waals surface area contributed by atoms with E-state index in [1.807, 2.05) is 6.92 Å². The Balaban J connectivity index is 3.60. The van der Waals surface area contributed by atoms with Crippen molar-refractivity contribution in [3.05, 3.63) is 48.6 Å². The summed E-state index contributed by atoms with van der Waals surface area (Å²) in [7, 11) is 0. The molecular weight excluding hydrogens is 528 g/mol. The molecule has 6 nitrogen and oxygen atoms in total. The smallest absolute Gasteiger partial charge is 0.305 e. The Morgan fingerprint density at radius 3 is 1.48 bits per heavy atom. The van der Waals surface area contributed by atoms with Gasteiger partial charge in [0.1, 0.15) is 19.3 Å². The molecule has 0 amide bonds. The van der Waals surface area contributed by atoms with Gasteiger partial charge >= 0.3 is 11.9 Å². The number of hydrogen-bond acceptors (Lipinski definition) is 6.